The first kappa shape index (κ1) is 14.9. The van der Waals surface area contributed by atoms with Crippen LogP contribution in [0.3, 0.4) is 0 Å². The van der Waals surface area contributed by atoms with E-state index < -0.39 is 0 Å². The van der Waals surface area contributed by atoms with E-state index in [0.29, 0.717) is 5.41 Å². The molecule has 1 aromatic heterocycles. The van der Waals surface area contributed by atoms with Gasteiger partial charge >= 0.3 is 0 Å². The van der Waals surface area contributed by atoms with Gasteiger partial charge in [-0.05, 0) is 31.1 Å². The van der Waals surface area contributed by atoms with Crippen LogP contribution in [0.2, 0.25) is 0 Å². The van der Waals surface area contributed by atoms with Crippen molar-refractivity contribution < 1.29 is 4.74 Å². The second kappa shape index (κ2) is 5.87. The number of nitrogens with two attached hydrogens (primary N) is 1. The molecule has 0 aliphatic heterocycles. The van der Waals surface area contributed by atoms with Gasteiger partial charge in [-0.3, -0.25) is 16.3 Å². The Labute approximate surface area is 119 Å². The van der Waals surface area contributed by atoms with Crippen molar-refractivity contribution in [2.45, 2.75) is 57.6 Å². The highest BCUT2D eigenvalue weighted by atomic mass is 32.1. The third-order valence-corrected chi connectivity index (χ3v) is 5.38. The predicted octanol–water partition coefficient (Wildman–Crippen LogP) is 2.50. The maximum absolute atomic E-state index is 5.92. The van der Waals surface area contributed by atoms with Crippen LogP contribution in [0.25, 0.3) is 0 Å². The summed E-state index contributed by atoms with van der Waals surface area (Å²) in [4.78, 5) is 5.39. The van der Waals surface area contributed by atoms with Crippen LogP contribution in [0.4, 0.5) is 0 Å². The van der Waals surface area contributed by atoms with E-state index in [4.69, 9.17) is 10.6 Å². The lowest BCUT2D eigenvalue weighted by molar-refractivity contribution is -0.0860. The van der Waals surface area contributed by atoms with Crippen molar-refractivity contribution in [3.8, 4) is 0 Å². The Morgan fingerprint density at radius 3 is 2.58 bits per heavy atom. The van der Waals surface area contributed by atoms with Gasteiger partial charge in [0.1, 0.15) is 0 Å². The Hall–Kier alpha value is -0.490. The van der Waals surface area contributed by atoms with Gasteiger partial charge in [-0.25, -0.2) is 0 Å². The van der Waals surface area contributed by atoms with E-state index in [1.54, 1.807) is 11.3 Å². The fraction of sp³-hybridized carbons (Fsp3) is 0.786. The smallest absolute Gasteiger partial charge is 0.0848 e. The lowest BCUT2D eigenvalue weighted by Gasteiger charge is -2.46. The summed E-state index contributed by atoms with van der Waals surface area (Å²) in [5.74, 6) is 5.80. The van der Waals surface area contributed by atoms with Crippen molar-refractivity contribution in [3.63, 3.8) is 0 Å². The van der Waals surface area contributed by atoms with Crippen molar-refractivity contribution in [2.75, 3.05) is 7.11 Å². The Morgan fingerprint density at radius 2 is 2.11 bits per heavy atom. The number of aromatic nitrogens is 1. The minimum Gasteiger partial charge on any atom is -0.377 e. The topological polar surface area (TPSA) is 60.2 Å². The summed E-state index contributed by atoms with van der Waals surface area (Å²) in [6, 6.07) is 0.147. The quantitative estimate of drug-likeness (QED) is 0.644. The second-order valence-electron chi connectivity index (χ2n) is 6.32. The zero-order valence-electron chi connectivity index (χ0n) is 12.1. The monoisotopic (exact) mass is 283 g/mol. The van der Waals surface area contributed by atoms with Crippen molar-refractivity contribution in [3.05, 3.63) is 16.6 Å². The van der Waals surface area contributed by atoms with Gasteiger partial charge in [0, 0.05) is 24.6 Å². The van der Waals surface area contributed by atoms with Crippen LogP contribution in [0.5, 0.6) is 0 Å². The highest BCUT2D eigenvalue weighted by molar-refractivity contribution is 7.09. The van der Waals surface area contributed by atoms with Crippen molar-refractivity contribution in [1.29, 1.82) is 0 Å². The second-order valence-corrected chi connectivity index (χ2v) is 7.30. The van der Waals surface area contributed by atoms with E-state index in [1.165, 1.54) is 17.7 Å². The summed E-state index contributed by atoms with van der Waals surface area (Å²) in [7, 11) is 1.81. The fourth-order valence-electron chi connectivity index (χ4n) is 2.99. The van der Waals surface area contributed by atoms with Crippen LogP contribution in [-0.2, 0) is 11.2 Å². The average Bonchev–Trinajstić information content (AvgIpc) is 2.90. The lowest BCUT2D eigenvalue weighted by atomic mass is 9.68. The van der Waals surface area contributed by atoms with E-state index in [9.17, 15) is 0 Å². The number of nitrogens with zero attached hydrogens (tertiary/aromatic N) is 1. The molecular formula is C14H25N3OS. The molecule has 0 aromatic carbocycles. The number of hydrazine groups is 1. The highest BCUT2D eigenvalue weighted by Gasteiger charge is 2.44. The first-order valence-corrected chi connectivity index (χ1v) is 7.78. The number of hydrogen-bond acceptors (Lipinski definition) is 5. The number of methoxy groups -OCH3 is 1. The van der Waals surface area contributed by atoms with Crippen molar-refractivity contribution in [1.82, 2.24) is 10.4 Å². The number of nitrogens with one attached hydrogen (secondary N) is 1. The number of ether oxygens (including phenoxy) is 1. The summed E-state index contributed by atoms with van der Waals surface area (Å²) in [5, 5.41) is 0. The lowest BCUT2D eigenvalue weighted by Crippen LogP contribution is -2.57. The number of hydrogen-bond donors (Lipinski definition) is 2. The van der Waals surface area contributed by atoms with Gasteiger partial charge in [-0.2, -0.15) is 0 Å². The van der Waals surface area contributed by atoms with Crippen LogP contribution in [0.1, 0.15) is 44.4 Å². The molecule has 2 rings (SSSR count). The molecular weight excluding hydrogens is 258 g/mol. The summed E-state index contributed by atoms with van der Waals surface area (Å²) in [5.41, 5.74) is 5.13. The van der Waals surface area contributed by atoms with E-state index in [2.05, 4.69) is 24.3 Å². The molecule has 1 unspecified atom stereocenters. The Bertz CT molecular complexity index is 381. The molecule has 0 amide bonds. The Morgan fingerprint density at radius 1 is 1.42 bits per heavy atom. The molecule has 19 heavy (non-hydrogen) atoms. The Balaban J connectivity index is 2.10. The normalized spacial score (nSPS) is 23.2. The summed E-state index contributed by atoms with van der Waals surface area (Å²) >= 11 is 1.68. The molecule has 1 heterocycles. The molecule has 108 valence electrons. The van der Waals surface area contributed by atoms with Gasteiger partial charge in [0.25, 0.3) is 0 Å². The molecule has 0 spiro atoms. The molecule has 1 aliphatic rings. The van der Waals surface area contributed by atoms with Gasteiger partial charge in [0.15, 0.2) is 0 Å². The van der Waals surface area contributed by atoms with Gasteiger partial charge in [0.05, 0.1) is 17.2 Å². The maximum atomic E-state index is 5.92. The van der Waals surface area contributed by atoms with Crippen LogP contribution in [0.15, 0.2) is 11.7 Å². The molecule has 1 aliphatic carbocycles. The van der Waals surface area contributed by atoms with Crippen LogP contribution in [0, 0.1) is 5.41 Å². The minimum atomic E-state index is -0.145. The van der Waals surface area contributed by atoms with Crippen LogP contribution in [-0.4, -0.2) is 23.7 Å². The standard InChI is InChI=1S/C14H25N3OS/c1-13(2)4-6-14(18-3,7-5-13)12(17-15)8-11-9-16-10-19-11/h9-10,12,17H,4-8,15H2,1-3H3. The highest BCUT2D eigenvalue weighted by Crippen LogP contribution is 2.43. The number of rotatable bonds is 5. The van der Waals surface area contributed by atoms with E-state index in [1.807, 2.05) is 18.8 Å². The summed E-state index contributed by atoms with van der Waals surface area (Å²) in [6.07, 6.45) is 7.29. The molecule has 1 aromatic rings. The van der Waals surface area contributed by atoms with Crippen LogP contribution >= 0.6 is 11.3 Å². The third kappa shape index (κ3) is 3.34. The first-order chi connectivity index (χ1) is 9.01. The molecule has 0 bridgehead atoms. The van der Waals surface area contributed by atoms with Crippen molar-refractivity contribution in [2.24, 2.45) is 11.3 Å². The third-order valence-electron chi connectivity index (χ3n) is 4.58. The zero-order chi connectivity index (χ0) is 13.9. The van der Waals surface area contributed by atoms with Crippen molar-refractivity contribution >= 4 is 11.3 Å². The minimum absolute atomic E-state index is 0.145. The zero-order valence-corrected chi connectivity index (χ0v) is 12.9. The number of thiazole rings is 1. The van der Waals surface area contributed by atoms with Gasteiger partial charge in [-0.15, -0.1) is 11.3 Å². The largest absolute Gasteiger partial charge is 0.377 e. The van der Waals surface area contributed by atoms with E-state index in [-0.39, 0.29) is 11.6 Å². The first-order valence-electron chi connectivity index (χ1n) is 6.90. The fourth-order valence-corrected chi connectivity index (χ4v) is 3.63. The van der Waals surface area contributed by atoms with E-state index >= 15 is 0 Å². The molecule has 3 N–H and O–H groups in total. The molecule has 0 saturated heterocycles. The van der Waals surface area contributed by atoms with Gasteiger partial charge in [0.2, 0.25) is 0 Å². The maximum Gasteiger partial charge on any atom is 0.0848 e. The molecule has 0 radical (unpaired) electrons. The molecule has 1 atom stereocenters. The molecule has 1 fully saturated rings. The average molecular weight is 283 g/mol. The van der Waals surface area contributed by atoms with Gasteiger partial charge in [-0.1, -0.05) is 13.8 Å². The van der Waals surface area contributed by atoms with Gasteiger partial charge < -0.3 is 4.74 Å². The SMILES string of the molecule is COC1(C(Cc2cncs2)NN)CCC(C)(C)CC1. The van der Waals surface area contributed by atoms with Crippen LogP contribution < -0.4 is 11.3 Å². The summed E-state index contributed by atoms with van der Waals surface area (Å²) in [6.45, 7) is 4.67. The molecule has 1 saturated carbocycles. The van der Waals surface area contributed by atoms with E-state index in [0.717, 1.165) is 19.3 Å². The summed E-state index contributed by atoms with van der Waals surface area (Å²) < 4.78 is 5.92. The molecule has 5 heteroatoms. The predicted molar refractivity (Wildman–Crippen MR) is 78.9 cm³/mol. The Kier molecular flexibility index (Phi) is 4.61. The molecule has 4 nitrogen and oxygen atoms in total.